The van der Waals surface area contributed by atoms with E-state index in [9.17, 15) is 4.79 Å². The molecule has 0 fully saturated rings. The van der Waals surface area contributed by atoms with Gasteiger partial charge in [0.2, 0.25) is 0 Å². The summed E-state index contributed by atoms with van der Waals surface area (Å²) in [6, 6.07) is 7.44. The fourth-order valence-electron chi connectivity index (χ4n) is 1.08. The van der Waals surface area contributed by atoms with Crippen molar-refractivity contribution in [3.05, 3.63) is 42.5 Å². The molecule has 0 atom stereocenters. The molecule has 1 aromatic carbocycles. The molecule has 68 valence electrons. The van der Waals surface area contributed by atoms with Gasteiger partial charge in [0.1, 0.15) is 5.75 Å². The van der Waals surface area contributed by atoms with Gasteiger partial charge in [0.05, 0.1) is 0 Å². The molecule has 0 radical (unpaired) electrons. The summed E-state index contributed by atoms with van der Waals surface area (Å²) in [6.07, 6.45) is 2.49. The zero-order chi connectivity index (χ0) is 9.68. The maximum atomic E-state index is 10.7. The van der Waals surface area contributed by atoms with Crippen molar-refractivity contribution in [2.75, 3.05) is 0 Å². The molecule has 0 bridgehead atoms. The van der Waals surface area contributed by atoms with Crippen LogP contribution in [0.4, 0.5) is 0 Å². The second-order valence-corrected chi connectivity index (χ2v) is 2.69. The summed E-state index contributed by atoms with van der Waals surface area (Å²) in [5.41, 5.74) is 0.979. The number of carbonyl (C=O) groups is 1. The van der Waals surface area contributed by atoms with Crippen LogP contribution in [0.1, 0.15) is 12.5 Å². The second kappa shape index (κ2) is 4.45. The molecule has 2 heteroatoms. The van der Waals surface area contributed by atoms with Crippen molar-refractivity contribution in [3.8, 4) is 5.75 Å². The molecule has 0 aliphatic carbocycles. The molecule has 2 nitrogen and oxygen atoms in total. The van der Waals surface area contributed by atoms with Crippen molar-refractivity contribution in [3.63, 3.8) is 0 Å². The predicted octanol–water partition coefficient (Wildman–Crippen LogP) is 2.34. The van der Waals surface area contributed by atoms with Gasteiger partial charge in [-0.25, -0.2) is 0 Å². The number of ether oxygens (including phenoxy) is 1. The quantitative estimate of drug-likeness (QED) is 0.401. The second-order valence-electron chi connectivity index (χ2n) is 2.69. The maximum Gasteiger partial charge on any atom is 0.308 e. The van der Waals surface area contributed by atoms with Gasteiger partial charge in [-0.2, -0.15) is 0 Å². The largest absolute Gasteiger partial charge is 0.426 e. The minimum Gasteiger partial charge on any atom is -0.426 e. The molecule has 0 spiro atoms. The molecule has 0 N–H and O–H groups in total. The van der Waals surface area contributed by atoms with Crippen LogP contribution in [-0.2, 0) is 11.2 Å². The molecular formula is C11H12O2. The van der Waals surface area contributed by atoms with Crippen molar-refractivity contribution >= 4 is 5.97 Å². The lowest BCUT2D eigenvalue weighted by atomic mass is 10.1. The van der Waals surface area contributed by atoms with Gasteiger partial charge in [0.25, 0.3) is 0 Å². The first-order valence-electron chi connectivity index (χ1n) is 4.11. The van der Waals surface area contributed by atoms with E-state index in [0.717, 1.165) is 5.56 Å². The molecule has 0 unspecified atom stereocenters. The molecule has 13 heavy (non-hydrogen) atoms. The first kappa shape index (κ1) is 9.52. The Hall–Kier alpha value is -1.57. The third-order valence-corrected chi connectivity index (χ3v) is 1.59. The van der Waals surface area contributed by atoms with Gasteiger partial charge in [-0.05, 0) is 18.1 Å². The Morgan fingerprint density at radius 2 is 2.23 bits per heavy atom. The monoisotopic (exact) mass is 176 g/mol. The van der Waals surface area contributed by atoms with Gasteiger partial charge < -0.3 is 4.74 Å². The van der Waals surface area contributed by atoms with Crippen LogP contribution in [-0.4, -0.2) is 5.97 Å². The Labute approximate surface area is 77.8 Å². The first-order valence-corrected chi connectivity index (χ1v) is 4.11. The number of para-hydroxylation sites is 1. The first-order chi connectivity index (χ1) is 6.24. The lowest BCUT2D eigenvalue weighted by Gasteiger charge is -2.05. The molecule has 0 saturated heterocycles. The molecule has 0 aliphatic rings. The van der Waals surface area contributed by atoms with E-state index in [1.165, 1.54) is 6.92 Å². The van der Waals surface area contributed by atoms with Gasteiger partial charge in [-0.3, -0.25) is 4.79 Å². The average Bonchev–Trinajstić information content (AvgIpc) is 2.08. The van der Waals surface area contributed by atoms with Gasteiger partial charge in [-0.1, -0.05) is 24.3 Å². The highest BCUT2D eigenvalue weighted by atomic mass is 16.5. The third-order valence-electron chi connectivity index (χ3n) is 1.59. The number of hydrogen-bond acceptors (Lipinski definition) is 2. The van der Waals surface area contributed by atoms with Crippen molar-refractivity contribution in [1.29, 1.82) is 0 Å². The molecule has 1 rings (SSSR count). The minimum absolute atomic E-state index is 0.295. The SMILES string of the molecule is C=CCc1ccccc1OC(C)=O. The van der Waals surface area contributed by atoms with Crippen LogP contribution in [0.15, 0.2) is 36.9 Å². The average molecular weight is 176 g/mol. The standard InChI is InChI=1S/C11H12O2/c1-3-6-10-7-4-5-8-11(10)13-9(2)12/h3-5,7-8H,1,6H2,2H3. The summed E-state index contributed by atoms with van der Waals surface area (Å²) < 4.78 is 5.01. The Morgan fingerprint density at radius 1 is 1.54 bits per heavy atom. The highest BCUT2D eigenvalue weighted by molar-refractivity contribution is 5.69. The van der Waals surface area contributed by atoms with Crippen molar-refractivity contribution < 1.29 is 9.53 Å². The van der Waals surface area contributed by atoms with Crippen LogP contribution in [0, 0.1) is 0 Å². The lowest BCUT2D eigenvalue weighted by Crippen LogP contribution is -2.03. The number of esters is 1. The normalized spacial score (nSPS) is 9.31. The highest BCUT2D eigenvalue weighted by Crippen LogP contribution is 2.18. The molecule has 0 aliphatic heterocycles. The Bertz CT molecular complexity index is 316. The van der Waals surface area contributed by atoms with E-state index >= 15 is 0 Å². The van der Waals surface area contributed by atoms with Crippen LogP contribution in [0.3, 0.4) is 0 Å². The van der Waals surface area contributed by atoms with E-state index in [-0.39, 0.29) is 5.97 Å². The van der Waals surface area contributed by atoms with Gasteiger partial charge in [0.15, 0.2) is 0 Å². The maximum absolute atomic E-state index is 10.7. The lowest BCUT2D eigenvalue weighted by molar-refractivity contribution is -0.131. The van der Waals surface area contributed by atoms with Crippen LogP contribution < -0.4 is 4.74 Å². The summed E-state index contributed by atoms with van der Waals surface area (Å²) in [4.78, 5) is 10.7. The van der Waals surface area contributed by atoms with Crippen molar-refractivity contribution in [2.24, 2.45) is 0 Å². The van der Waals surface area contributed by atoms with Gasteiger partial charge >= 0.3 is 5.97 Å². The number of hydrogen-bond donors (Lipinski definition) is 0. The fraction of sp³-hybridized carbons (Fsp3) is 0.182. The smallest absolute Gasteiger partial charge is 0.308 e. The van der Waals surface area contributed by atoms with E-state index < -0.39 is 0 Å². The predicted molar refractivity (Wildman–Crippen MR) is 51.7 cm³/mol. The number of rotatable bonds is 3. The summed E-state index contributed by atoms with van der Waals surface area (Å²) in [7, 11) is 0. The molecular weight excluding hydrogens is 164 g/mol. The minimum atomic E-state index is -0.295. The van der Waals surface area contributed by atoms with Crippen LogP contribution in [0.5, 0.6) is 5.75 Å². The Kier molecular flexibility index (Phi) is 3.26. The molecule has 0 saturated carbocycles. The molecule has 0 heterocycles. The molecule has 0 aromatic heterocycles. The van der Waals surface area contributed by atoms with E-state index in [2.05, 4.69) is 6.58 Å². The van der Waals surface area contributed by atoms with Gasteiger partial charge in [-0.15, -0.1) is 6.58 Å². The summed E-state index contributed by atoms with van der Waals surface area (Å²) in [5.74, 6) is 0.325. The van der Waals surface area contributed by atoms with Crippen molar-refractivity contribution in [2.45, 2.75) is 13.3 Å². The topological polar surface area (TPSA) is 26.3 Å². The van der Waals surface area contributed by atoms with E-state index in [1.807, 2.05) is 18.2 Å². The number of allylic oxidation sites excluding steroid dienone is 1. The molecule has 0 amide bonds. The van der Waals surface area contributed by atoms with Crippen molar-refractivity contribution in [1.82, 2.24) is 0 Å². The number of carbonyl (C=O) groups excluding carboxylic acids is 1. The van der Waals surface area contributed by atoms with E-state index in [0.29, 0.717) is 12.2 Å². The Balaban J connectivity index is 2.90. The Morgan fingerprint density at radius 3 is 2.85 bits per heavy atom. The van der Waals surface area contributed by atoms with E-state index in [4.69, 9.17) is 4.74 Å². The zero-order valence-electron chi connectivity index (χ0n) is 7.62. The van der Waals surface area contributed by atoms with Crippen LogP contribution >= 0.6 is 0 Å². The highest BCUT2D eigenvalue weighted by Gasteiger charge is 2.02. The number of benzene rings is 1. The van der Waals surface area contributed by atoms with E-state index in [1.54, 1.807) is 12.1 Å². The summed E-state index contributed by atoms with van der Waals surface area (Å²) in [6.45, 7) is 5.03. The van der Waals surface area contributed by atoms with Crippen LogP contribution in [0.2, 0.25) is 0 Å². The molecule has 1 aromatic rings. The van der Waals surface area contributed by atoms with Crippen LogP contribution in [0.25, 0.3) is 0 Å². The summed E-state index contributed by atoms with van der Waals surface area (Å²) in [5, 5.41) is 0. The zero-order valence-corrected chi connectivity index (χ0v) is 7.62. The fourth-order valence-corrected chi connectivity index (χ4v) is 1.08. The third kappa shape index (κ3) is 2.75. The summed E-state index contributed by atoms with van der Waals surface area (Å²) >= 11 is 0. The van der Waals surface area contributed by atoms with Gasteiger partial charge in [0, 0.05) is 6.92 Å².